The van der Waals surface area contributed by atoms with Gasteiger partial charge in [0, 0.05) is 0 Å². The first-order valence-corrected chi connectivity index (χ1v) is 4.84. The van der Waals surface area contributed by atoms with Crippen LogP contribution in [0.5, 0.6) is 0 Å². The van der Waals surface area contributed by atoms with Crippen molar-refractivity contribution in [2.45, 2.75) is 18.8 Å². The highest BCUT2D eigenvalue weighted by Crippen LogP contribution is 2.42. The molecule has 1 radical (unpaired) electrons. The Kier molecular flexibility index (Phi) is 1.42. The molecule has 2 aromatic carbocycles. The molecule has 0 saturated heterocycles. The lowest BCUT2D eigenvalue weighted by Crippen LogP contribution is -1.81. The number of hydrogen-bond acceptors (Lipinski definition) is 0. The minimum atomic E-state index is 0.822. The number of fused-ring (bicyclic) bond motifs is 1. The predicted octanol–water partition coefficient (Wildman–Crippen LogP) is 3.52. The SMILES string of the molecule is [c]1cc(C2CC2)c2ccccc2c1. The highest BCUT2D eigenvalue weighted by molar-refractivity contribution is 5.86. The Morgan fingerprint density at radius 2 is 1.92 bits per heavy atom. The molecule has 0 atom stereocenters. The van der Waals surface area contributed by atoms with Crippen LogP contribution in [0.2, 0.25) is 0 Å². The summed E-state index contributed by atoms with van der Waals surface area (Å²) in [4.78, 5) is 0. The first-order valence-electron chi connectivity index (χ1n) is 4.84. The molecule has 0 heterocycles. The summed E-state index contributed by atoms with van der Waals surface area (Å²) in [5.41, 5.74) is 1.50. The summed E-state index contributed by atoms with van der Waals surface area (Å²) in [7, 11) is 0. The normalized spacial score (nSPS) is 16.3. The largest absolute Gasteiger partial charge is 0.0616 e. The van der Waals surface area contributed by atoms with Gasteiger partial charge >= 0.3 is 0 Å². The average Bonchev–Trinajstić information content (AvgIpc) is 3.00. The zero-order valence-corrected chi connectivity index (χ0v) is 7.46. The molecular formula is C13H11. The molecule has 2 aromatic rings. The second kappa shape index (κ2) is 2.59. The first kappa shape index (κ1) is 7.14. The van der Waals surface area contributed by atoms with E-state index in [1.807, 2.05) is 0 Å². The van der Waals surface area contributed by atoms with E-state index < -0.39 is 0 Å². The third-order valence-corrected chi connectivity index (χ3v) is 2.77. The van der Waals surface area contributed by atoms with E-state index in [9.17, 15) is 0 Å². The Hall–Kier alpha value is -1.30. The first-order chi connectivity index (χ1) is 6.45. The van der Waals surface area contributed by atoms with Gasteiger partial charge in [-0.25, -0.2) is 0 Å². The summed E-state index contributed by atoms with van der Waals surface area (Å²) < 4.78 is 0. The molecule has 0 aromatic heterocycles. The van der Waals surface area contributed by atoms with E-state index in [1.54, 1.807) is 0 Å². The molecule has 13 heavy (non-hydrogen) atoms. The monoisotopic (exact) mass is 167 g/mol. The van der Waals surface area contributed by atoms with Gasteiger partial charge in [0.1, 0.15) is 0 Å². The molecule has 0 heteroatoms. The third-order valence-electron chi connectivity index (χ3n) is 2.77. The summed E-state index contributed by atoms with van der Waals surface area (Å²) >= 11 is 0. The molecule has 0 N–H and O–H groups in total. The summed E-state index contributed by atoms with van der Waals surface area (Å²) in [6, 6.07) is 16.0. The molecule has 0 spiro atoms. The van der Waals surface area contributed by atoms with Crippen LogP contribution in [-0.4, -0.2) is 0 Å². The standard InChI is InChI=1S/C13H11/c1-2-6-12-10(4-1)5-3-7-13(12)11-8-9-11/h1-2,4-7,11H,8-9H2. The maximum atomic E-state index is 3.23. The van der Waals surface area contributed by atoms with Crippen LogP contribution in [0.25, 0.3) is 10.8 Å². The van der Waals surface area contributed by atoms with Crippen molar-refractivity contribution in [2.75, 3.05) is 0 Å². The van der Waals surface area contributed by atoms with E-state index in [-0.39, 0.29) is 0 Å². The fourth-order valence-electron chi connectivity index (χ4n) is 1.92. The number of rotatable bonds is 1. The lowest BCUT2D eigenvalue weighted by atomic mass is 10.0. The van der Waals surface area contributed by atoms with Crippen LogP contribution in [0.4, 0.5) is 0 Å². The van der Waals surface area contributed by atoms with Gasteiger partial charge in [-0.2, -0.15) is 0 Å². The smallest absolute Gasteiger partial charge is 0.0149 e. The molecule has 0 nitrogen and oxygen atoms in total. The van der Waals surface area contributed by atoms with Crippen LogP contribution < -0.4 is 0 Å². The van der Waals surface area contributed by atoms with Crippen LogP contribution in [0, 0.1) is 6.07 Å². The zero-order valence-electron chi connectivity index (χ0n) is 7.46. The van der Waals surface area contributed by atoms with Crippen LogP contribution in [0.1, 0.15) is 24.3 Å². The van der Waals surface area contributed by atoms with Crippen LogP contribution in [0.3, 0.4) is 0 Å². The Morgan fingerprint density at radius 3 is 2.77 bits per heavy atom. The Bertz CT molecular complexity index is 433. The summed E-state index contributed by atoms with van der Waals surface area (Å²) in [5.74, 6) is 0.822. The summed E-state index contributed by atoms with van der Waals surface area (Å²) in [6.45, 7) is 0. The third kappa shape index (κ3) is 1.14. The topological polar surface area (TPSA) is 0 Å². The van der Waals surface area contributed by atoms with Gasteiger partial charge in [-0.1, -0.05) is 30.3 Å². The molecular weight excluding hydrogens is 156 g/mol. The fourth-order valence-corrected chi connectivity index (χ4v) is 1.92. The van der Waals surface area contributed by atoms with Gasteiger partial charge in [-0.15, -0.1) is 0 Å². The van der Waals surface area contributed by atoms with Gasteiger partial charge in [0.25, 0.3) is 0 Å². The minimum Gasteiger partial charge on any atom is -0.0616 e. The summed E-state index contributed by atoms with van der Waals surface area (Å²) in [5, 5.41) is 2.75. The van der Waals surface area contributed by atoms with Crippen molar-refractivity contribution in [2.24, 2.45) is 0 Å². The quantitative estimate of drug-likeness (QED) is 0.609. The Labute approximate surface area is 78.2 Å². The van der Waals surface area contributed by atoms with Crippen LogP contribution in [0.15, 0.2) is 36.4 Å². The van der Waals surface area contributed by atoms with Crippen LogP contribution in [-0.2, 0) is 0 Å². The van der Waals surface area contributed by atoms with Gasteiger partial charge in [-0.05, 0) is 47.2 Å². The van der Waals surface area contributed by atoms with Gasteiger partial charge in [0.05, 0.1) is 0 Å². The second-order valence-electron chi connectivity index (χ2n) is 3.77. The molecule has 1 saturated carbocycles. The van der Waals surface area contributed by atoms with Crippen molar-refractivity contribution >= 4 is 10.8 Å². The van der Waals surface area contributed by atoms with Gasteiger partial charge in [0.2, 0.25) is 0 Å². The zero-order chi connectivity index (χ0) is 8.67. The van der Waals surface area contributed by atoms with Gasteiger partial charge in [-0.3, -0.25) is 0 Å². The molecule has 3 rings (SSSR count). The highest BCUT2D eigenvalue weighted by atomic mass is 14.3. The van der Waals surface area contributed by atoms with Gasteiger partial charge in [0.15, 0.2) is 0 Å². The van der Waals surface area contributed by atoms with Crippen molar-refractivity contribution in [3.8, 4) is 0 Å². The Morgan fingerprint density at radius 1 is 1.08 bits per heavy atom. The van der Waals surface area contributed by atoms with E-state index in [1.165, 1.54) is 29.2 Å². The Balaban J connectivity index is 2.32. The molecule has 0 unspecified atom stereocenters. The maximum absolute atomic E-state index is 3.23. The van der Waals surface area contributed by atoms with E-state index in [0.29, 0.717) is 0 Å². The minimum absolute atomic E-state index is 0.822. The lowest BCUT2D eigenvalue weighted by Gasteiger charge is -2.03. The molecule has 63 valence electrons. The fraction of sp³-hybridized carbons (Fsp3) is 0.231. The van der Waals surface area contributed by atoms with Crippen LogP contribution >= 0.6 is 0 Å². The predicted molar refractivity (Wildman–Crippen MR) is 54.8 cm³/mol. The maximum Gasteiger partial charge on any atom is -0.0149 e. The average molecular weight is 167 g/mol. The van der Waals surface area contributed by atoms with Gasteiger partial charge < -0.3 is 0 Å². The van der Waals surface area contributed by atoms with Crippen molar-refractivity contribution in [1.29, 1.82) is 0 Å². The lowest BCUT2D eigenvalue weighted by molar-refractivity contribution is 1.15. The number of benzene rings is 2. The molecule has 1 aliphatic carbocycles. The highest BCUT2D eigenvalue weighted by Gasteiger charge is 2.24. The van der Waals surface area contributed by atoms with Crippen molar-refractivity contribution in [3.63, 3.8) is 0 Å². The summed E-state index contributed by atoms with van der Waals surface area (Å²) in [6.07, 6.45) is 2.73. The van der Waals surface area contributed by atoms with E-state index >= 15 is 0 Å². The molecule has 0 bridgehead atoms. The number of hydrogen-bond donors (Lipinski definition) is 0. The van der Waals surface area contributed by atoms with Crippen molar-refractivity contribution in [3.05, 3.63) is 48.0 Å². The van der Waals surface area contributed by atoms with E-state index in [4.69, 9.17) is 0 Å². The van der Waals surface area contributed by atoms with Crippen molar-refractivity contribution < 1.29 is 0 Å². The molecule has 1 aliphatic rings. The second-order valence-corrected chi connectivity index (χ2v) is 3.77. The van der Waals surface area contributed by atoms with E-state index in [2.05, 4.69) is 42.5 Å². The molecule has 0 aliphatic heterocycles. The van der Waals surface area contributed by atoms with Crippen molar-refractivity contribution in [1.82, 2.24) is 0 Å². The molecule has 0 amide bonds. The van der Waals surface area contributed by atoms with E-state index in [0.717, 1.165) is 5.92 Å². The molecule has 1 fully saturated rings.